The maximum Gasteiger partial charge on any atom is 0.134 e. The minimum atomic E-state index is 0.0866. The van der Waals surface area contributed by atoms with Crippen molar-refractivity contribution in [2.75, 3.05) is 6.54 Å². The van der Waals surface area contributed by atoms with Gasteiger partial charge in [-0.1, -0.05) is 25.1 Å². The number of nitrogens with one attached hydrogen (secondary N) is 1. The van der Waals surface area contributed by atoms with Gasteiger partial charge in [-0.05, 0) is 38.9 Å². The van der Waals surface area contributed by atoms with Gasteiger partial charge in [-0.3, -0.25) is 0 Å². The molecule has 2 heterocycles. The first-order valence-corrected chi connectivity index (χ1v) is 8.16. The molecule has 3 aromatic rings. The van der Waals surface area contributed by atoms with Gasteiger partial charge in [-0.25, -0.2) is 4.98 Å². The Balaban J connectivity index is 2.04. The van der Waals surface area contributed by atoms with Gasteiger partial charge in [0, 0.05) is 5.39 Å². The average molecular weight is 300 g/mol. The van der Waals surface area contributed by atoms with Crippen molar-refractivity contribution in [3.05, 3.63) is 51.7 Å². The minimum absolute atomic E-state index is 0.0866. The second kappa shape index (κ2) is 6.00. The summed E-state index contributed by atoms with van der Waals surface area (Å²) in [5.74, 6) is 0.969. The van der Waals surface area contributed by atoms with E-state index in [2.05, 4.69) is 43.2 Å². The molecule has 21 heavy (non-hydrogen) atoms. The van der Waals surface area contributed by atoms with Gasteiger partial charge in [0.05, 0.1) is 15.6 Å². The van der Waals surface area contributed by atoms with Gasteiger partial charge in [0.2, 0.25) is 0 Å². The predicted octanol–water partition coefficient (Wildman–Crippen LogP) is 4.60. The Morgan fingerprint density at radius 2 is 2.10 bits per heavy atom. The number of hydrogen-bond acceptors (Lipinski definition) is 4. The van der Waals surface area contributed by atoms with Crippen LogP contribution in [0, 0.1) is 13.8 Å². The van der Waals surface area contributed by atoms with Crippen LogP contribution in [0.4, 0.5) is 0 Å². The molecule has 0 saturated heterocycles. The number of hydrogen-bond donors (Lipinski definition) is 1. The van der Waals surface area contributed by atoms with E-state index in [1.54, 1.807) is 11.3 Å². The van der Waals surface area contributed by atoms with Crippen molar-refractivity contribution in [2.45, 2.75) is 33.2 Å². The van der Waals surface area contributed by atoms with E-state index >= 15 is 0 Å². The van der Waals surface area contributed by atoms with E-state index in [1.807, 2.05) is 18.2 Å². The first-order chi connectivity index (χ1) is 10.2. The highest BCUT2D eigenvalue weighted by molar-refractivity contribution is 7.11. The van der Waals surface area contributed by atoms with Crippen molar-refractivity contribution in [1.82, 2.24) is 10.3 Å². The molecule has 3 rings (SSSR count). The van der Waals surface area contributed by atoms with E-state index in [0.717, 1.165) is 40.4 Å². The number of fused-ring (bicyclic) bond motifs is 1. The Labute approximate surface area is 129 Å². The summed E-state index contributed by atoms with van der Waals surface area (Å²) in [5, 5.41) is 5.84. The Bertz CT molecular complexity index is 711. The van der Waals surface area contributed by atoms with Crippen LogP contribution in [-0.4, -0.2) is 11.5 Å². The Hall–Kier alpha value is -1.65. The summed E-state index contributed by atoms with van der Waals surface area (Å²) in [6.07, 6.45) is 1.09. The quantitative estimate of drug-likeness (QED) is 0.748. The van der Waals surface area contributed by atoms with Crippen LogP contribution >= 0.6 is 11.3 Å². The summed E-state index contributed by atoms with van der Waals surface area (Å²) in [5.41, 5.74) is 2.03. The average Bonchev–Trinajstić information content (AvgIpc) is 3.03. The van der Waals surface area contributed by atoms with E-state index in [0.29, 0.717) is 0 Å². The fourth-order valence-corrected chi connectivity index (χ4v) is 3.58. The molecule has 110 valence electrons. The van der Waals surface area contributed by atoms with E-state index in [1.165, 1.54) is 4.88 Å². The molecular formula is C17H20N2OS. The second-order valence-electron chi connectivity index (χ2n) is 5.26. The molecule has 0 amide bonds. The number of aromatic nitrogens is 1. The standard InChI is InChI=1S/C17H20N2OS/c1-4-9-18-16(17-11(2)19-12(3)21-17)15-10-13-7-5-6-8-14(13)20-15/h5-8,10,16,18H,4,9H2,1-3H3. The zero-order valence-electron chi connectivity index (χ0n) is 12.6. The SMILES string of the molecule is CCCNC(c1cc2ccccc2o1)c1sc(C)nc1C. The van der Waals surface area contributed by atoms with Crippen molar-refractivity contribution in [1.29, 1.82) is 0 Å². The Morgan fingerprint density at radius 1 is 1.29 bits per heavy atom. The summed E-state index contributed by atoms with van der Waals surface area (Å²) in [4.78, 5) is 5.81. The number of thiazole rings is 1. The third kappa shape index (κ3) is 2.87. The summed E-state index contributed by atoms with van der Waals surface area (Å²) in [6.45, 7) is 7.25. The van der Waals surface area contributed by atoms with E-state index in [9.17, 15) is 0 Å². The van der Waals surface area contributed by atoms with Crippen LogP contribution in [0.5, 0.6) is 0 Å². The topological polar surface area (TPSA) is 38.1 Å². The van der Waals surface area contributed by atoms with Crippen LogP contribution in [0.3, 0.4) is 0 Å². The molecule has 0 fully saturated rings. The molecule has 0 aliphatic rings. The normalized spacial score (nSPS) is 12.9. The molecule has 1 aromatic carbocycles. The first-order valence-electron chi connectivity index (χ1n) is 7.35. The van der Waals surface area contributed by atoms with Gasteiger partial charge in [-0.15, -0.1) is 11.3 Å². The fourth-order valence-electron chi connectivity index (χ4n) is 2.57. The predicted molar refractivity (Wildman–Crippen MR) is 87.9 cm³/mol. The molecule has 0 saturated carbocycles. The number of para-hydroxylation sites is 1. The molecule has 1 atom stereocenters. The van der Waals surface area contributed by atoms with Crippen LogP contribution in [-0.2, 0) is 0 Å². The lowest BCUT2D eigenvalue weighted by Crippen LogP contribution is -2.22. The van der Waals surface area contributed by atoms with Gasteiger partial charge in [-0.2, -0.15) is 0 Å². The number of furan rings is 1. The number of rotatable bonds is 5. The second-order valence-corrected chi connectivity index (χ2v) is 6.49. The molecule has 0 bridgehead atoms. The summed E-state index contributed by atoms with van der Waals surface area (Å²) in [7, 11) is 0. The van der Waals surface area contributed by atoms with Crippen LogP contribution in [0.15, 0.2) is 34.7 Å². The lowest BCUT2D eigenvalue weighted by atomic mass is 10.1. The smallest absolute Gasteiger partial charge is 0.134 e. The lowest BCUT2D eigenvalue weighted by Gasteiger charge is -2.15. The summed E-state index contributed by atoms with van der Waals surface area (Å²) in [6, 6.07) is 10.4. The van der Waals surface area contributed by atoms with Gasteiger partial charge in [0.25, 0.3) is 0 Å². The third-order valence-corrected chi connectivity index (χ3v) is 4.67. The zero-order valence-corrected chi connectivity index (χ0v) is 13.5. The van der Waals surface area contributed by atoms with Crippen molar-refractivity contribution in [3.8, 4) is 0 Å². The van der Waals surface area contributed by atoms with Crippen LogP contribution < -0.4 is 5.32 Å². The van der Waals surface area contributed by atoms with Crippen molar-refractivity contribution in [2.24, 2.45) is 0 Å². The van der Waals surface area contributed by atoms with Crippen molar-refractivity contribution in [3.63, 3.8) is 0 Å². The van der Waals surface area contributed by atoms with Crippen LogP contribution in [0.1, 0.15) is 40.7 Å². The molecular weight excluding hydrogens is 280 g/mol. The van der Waals surface area contributed by atoms with Crippen LogP contribution in [0.25, 0.3) is 11.0 Å². The summed E-state index contributed by atoms with van der Waals surface area (Å²) < 4.78 is 6.06. The molecule has 0 aliphatic heterocycles. The van der Waals surface area contributed by atoms with E-state index in [4.69, 9.17) is 4.42 Å². The van der Waals surface area contributed by atoms with Crippen LogP contribution in [0.2, 0.25) is 0 Å². The molecule has 3 nitrogen and oxygen atoms in total. The highest BCUT2D eigenvalue weighted by atomic mass is 32.1. The number of nitrogens with zero attached hydrogens (tertiary/aromatic N) is 1. The third-order valence-electron chi connectivity index (χ3n) is 3.53. The highest BCUT2D eigenvalue weighted by Crippen LogP contribution is 2.33. The van der Waals surface area contributed by atoms with E-state index < -0.39 is 0 Å². The lowest BCUT2D eigenvalue weighted by molar-refractivity contribution is 0.472. The number of benzene rings is 1. The van der Waals surface area contributed by atoms with Crippen molar-refractivity contribution < 1.29 is 4.42 Å². The molecule has 1 N–H and O–H groups in total. The molecule has 0 spiro atoms. The largest absolute Gasteiger partial charge is 0.459 e. The summed E-state index contributed by atoms with van der Waals surface area (Å²) >= 11 is 1.74. The zero-order chi connectivity index (χ0) is 14.8. The number of aryl methyl sites for hydroxylation is 2. The first kappa shape index (κ1) is 14.3. The van der Waals surface area contributed by atoms with Gasteiger partial charge < -0.3 is 9.73 Å². The van der Waals surface area contributed by atoms with Gasteiger partial charge in [0.1, 0.15) is 17.4 Å². The van der Waals surface area contributed by atoms with Crippen molar-refractivity contribution >= 4 is 22.3 Å². The van der Waals surface area contributed by atoms with Gasteiger partial charge in [0.15, 0.2) is 0 Å². The molecule has 2 aromatic heterocycles. The molecule has 1 unspecified atom stereocenters. The molecule has 0 radical (unpaired) electrons. The molecule has 4 heteroatoms. The van der Waals surface area contributed by atoms with E-state index in [-0.39, 0.29) is 6.04 Å². The highest BCUT2D eigenvalue weighted by Gasteiger charge is 2.22. The Morgan fingerprint density at radius 3 is 2.76 bits per heavy atom. The monoisotopic (exact) mass is 300 g/mol. The maximum absolute atomic E-state index is 6.06. The fraction of sp³-hybridized carbons (Fsp3) is 0.353. The van der Waals surface area contributed by atoms with Gasteiger partial charge >= 0.3 is 0 Å². The maximum atomic E-state index is 6.06. The minimum Gasteiger partial charge on any atom is -0.459 e. The molecule has 0 aliphatic carbocycles. The Kier molecular flexibility index (Phi) is 4.08.